The Kier molecular flexibility index (Phi) is 3.95. The lowest BCUT2D eigenvalue weighted by Crippen LogP contribution is -2.38. The SMILES string of the molecule is CSC(C)(C)C(C)(C)CC(C)(C)C. The monoisotopic (exact) mass is 202 g/mol. The Bertz CT molecular complexity index is 160. The maximum absolute atomic E-state index is 2.38. The second kappa shape index (κ2) is 3.84. The van der Waals surface area contributed by atoms with Gasteiger partial charge < -0.3 is 0 Å². The van der Waals surface area contributed by atoms with Gasteiger partial charge in [-0.25, -0.2) is 0 Å². The molecule has 0 aromatic heterocycles. The summed E-state index contributed by atoms with van der Waals surface area (Å²) in [7, 11) is 0. The summed E-state index contributed by atoms with van der Waals surface area (Å²) in [6.07, 6.45) is 3.48. The lowest BCUT2D eigenvalue weighted by atomic mass is 9.69. The standard InChI is InChI=1S/C12H26S/c1-10(2,3)9-11(4,5)12(6,7)13-8/h9H2,1-8H3. The number of hydrogen-bond donors (Lipinski definition) is 0. The highest BCUT2D eigenvalue weighted by Crippen LogP contribution is 2.47. The van der Waals surface area contributed by atoms with Crippen molar-refractivity contribution >= 4 is 11.8 Å². The molecule has 0 heterocycles. The molecule has 13 heavy (non-hydrogen) atoms. The summed E-state index contributed by atoms with van der Waals surface area (Å²) in [6.45, 7) is 16.4. The van der Waals surface area contributed by atoms with Crippen LogP contribution < -0.4 is 0 Å². The van der Waals surface area contributed by atoms with Gasteiger partial charge in [-0.15, -0.1) is 0 Å². The minimum atomic E-state index is 0.361. The largest absolute Gasteiger partial charge is 0.159 e. The van der Waals surface area contributed by atoms with E-state index in [0.717, 1.165) is 0 Å². The average Bonchev–Trinajstić information content (AvgIpc) is 1.81. The average molecular weight is 202 g/mol. The van der Waals surface area contributed by atoms with Gasteiger partial charge in [0, 0.05) is 4.75 Å². The van der Waals surface area contributed by atoms with Gasteiger partial charge in [-0.2, -0.15) is 11.8 Å². The Morgan fingerprint density at radius 2 is 1.23 bits per heavy atom. The summed E-state index contributed by atoms with van der Waals surface area (Å²) in [5, 5.41) is 0. The maximum atomic E-state index is 2.38. The first kappa shape index (κ1) is 13.4. The molecule has 0 atom stereocenters. The molecule has 0 rings (SSSR count). The van der Waals surface area contributed by atoms with E-state index in [0.29, 0.717) is 15.6 Å². The van der Waals surface area contributed by atoms with Crippen molar-refractivity contribution in [3.63, 3.8) is 0 Å². The van der Waals surface area contributed by atoms with Crippen LogP contribution in [0.2, 0.25) is 0 Å². The summed E-state index contributed by atoms with van der Waals surface area (Å²) in [6, 6.07) is 0. The van der Waals surface area contributed by atoms with Crippen molar-refractivity contribution in [3.8, 4) is 0 Å². The summed E-state index contributed by atoms with van der Waals surface area (Å²) < 4.78 is 0.361. The van der Waals surface area contributed by atoms with Gasteiger partial charge in [-0.3, -0.25) is 0 Å². The lowest BCUT2D eigenvalue weighted by Gasteiger charge is -2.44. The molecule has 0 spiro atoms. The zero-order valence-electron chi connectivity index (χ0n) is 10.6. The molecule has 0 fully saturated rings. The highest BCUT2D eigenvalue weighted by Gasteiger charge is 2.38. The van der Waals surface area contributed by atoms with Crippen LogP contribution in [0.5, 0.6) is 0 Å². The molecule has 0 aromatic rings. The molecule has 1 heteroatoms. The fourth-order valence-electron chi connectivity index (χ4n) is 1.81. The van der Waals surface area contributed by atoms with Crippen LogP contribution in [0.1, 0.15) is 54.9 Å². The molecule has 0 aliphatic carbocycles. The van der Waals surface area contributed by atoms with Crippen LogP contribution in [0, 0.1) is 10.8 Å². The Morgan fingerprint density at radius 1 is 0.846 bits per heavy atom. The quantitative estimate of drug-likeness (QED) is 0.645. The fraction of sp³-hybridized carbons (Fsp3) is 1.00. The normalized spacial score (nSPS) is 14.8. The highest BCUT2D eigenvalue weighted by atomic mass is 32.2. The second-order valence-electron chi connectivity index (χ2n) is 6.34. The van der Waals surface area contributed by atoms with E-state index < -0.39 is 0 Å². The zero-order valence-corrected chi connectivity index (χ0v) is 11.4. The fourth-order valence-corrected chi connectivity index (χ4v) is 2.44. The third-order valence-electron chi connectivity index (χ3n) is 3.11. The van der Waals surface area contributed by atoms with Crippen molar-refractivity contribution in [3.05, 3.63) is 0 Å². The van der Waals surface area contributed by atoms with Gasteiger partial charge in [0.2, 0.25) is 0 Å². The van der Waals surface area contributed by atoms with Crippen molar-refractivity contribution in [2.75, 3.05) is 6.26 Å². The van der Waals surface area contributed by atoms with Crippen LogP contribution in [0.4, 0.5) is 0 Å². The number of rotatable bonds is 3. The van der Waals surface area contributed by atoms with Crippen LogP contribution in [0.15, 0.2) is 0 Å². The van der Waals surface area contributed by atoms with Gasteiger partial charge in [0.15, 0.2) is 0 Å². The van der Waals surface area contributed by atoms with E-state index >= 15 is 0 Å². The smallest absolute Gasteiger partial charge is 0.0152 e. The van der Waals surface area contributed by atoms with Gasteiger partial charge in [0.1, 0.15) is 0 Å². The van der Waals surface area contributed by atoms with Crippen molar-refractivity contribution < 1.29 is 0 Å². The molecule has 0 N–H and O–H groups in total. The predicted molar refractivity (Wildman–Crippen MR) is 65.4 cm³/mol. The third kappa shape index (κ3) is 3.93. The Balaban J connectivity index is 4.58. The number of thioether (sulfide) groups is 1. The molecule has 0 amide bonds. The molecule has 0 unspecified atom stereocenters. The third-order valence-corrected chi connectivity index (χ3v) is 4.69. The molecule has 0 radical (unpaired) electrons. The molecule has 80 valence electrons. The molecular formula is C12H26S. The molecule has 0 aromatic carbocycles. The van der Waals surface area contributed by atoms with Gasteiger partial charge in [0.25, 0.3) is 0 Å². The van der Waals surface area contributed by atoms with E-state index in [1.54, 1.807) is 0 Å². The van der Waals surface area contributed by atoms with Gasteiger partial charge in [0.05, 0.1) is 0 Å². The van der Waals surface area contributed by atoms with E-state index in [4.69, 9.17) is 0 Å². The molecule has 0 bridgehead atoms. The van der Waals surface area contributed by atoms with Crippen molar-refractivity contribution in [2.45, 2.75) is 59.6 Å². The van der Waals surface area contributed by atoms with Crippen LogP contribution in [0.25, 0.3) is 0 Å². The van der Waals surface area contributed by atoms with Crippen molar-refractivity contribution in [1.82, 2.24) is 0 Å². The minimum Gasteiger partial charge on any atom is -0.159 e. The van der Waals surface area contributed by atoms with E-state index in [1.807, 2.05) is 11.8 Å². The summed E-state index contributed by atoms with van der Waals surface area (Å²) >= 11 is 1.97. The summed E-state index contributed by atoms with van der Waals surface area (Å²) in [5.74, 6) is 0. The molecular weight excluding hydrogens is 176 g/mol. The first-order valence-corrected chi connectivity index (χ1v) is 6.29. The topological polar surface area (TPSA) is 0 Å². The van der Waals surface area contributed by atoms with Gasteiger partial charge >= 0.3 is 0 Å². The van der Waals surface area contributed by atoms with Crippen LogP contribution in [-0.4, -0.2) is 11.0 Å². The van der Waals surface area contributed by atoms with E-state index in [2.05, 4.69) is 54.7 Å². The Hall–Kier alpha value is 0.350. The highest BCUT2D eigenvalue weighted by molar-refractivity contribution is 7.99. The minimum absolute atomic E-state index is 0.361. The molecule has 0 aliphatic rings. The van der Waals surface area contributed by atoms with Gasteiger partial charge in [-0.1, -0.05) is 48.5 Å². The summed E-state index contributed by atoms with van der Waals surface area (Å²) in [4.78, 5) is 0. The van der Waals surface area contributed by atoms with Crippen LogP contribution in [-0.2, 0) is 0 Å². The Morgan fingerprint density at radius 3 is 1.46 bits per heavy atom. The molecule has 0 saturated heterocycles. The zero-order chi connectivity index (χ0) is 10.9. The van der Waals surface area contributed by atoms with E-state index in [-0.39, 0.29) is 0 Å². The first-order chi connectivity index (χ1) is 5.52. The van der Waals surface area contributed by atoms with E-state index in [1.165, 1.54) is 6.42 Å². The van der Waals surface area contributed by atoms with Crippen molar-refractivity contribution in [1.29, 1.82) is 0 Å². The first-order valence-electron chi connectivity index (χ1n) is 5.07. The van der Waals surface area contributed by atoms with Crippen LogP contribution >= 0.6 is 11.8 Å². The van der Waals surface area contributed by atoms with E-state index in [9.17, 15) is 0 Å². The second-order valence-corrected chi connectivity index (χ2v) is 7.76. The lowest BCUT2D eigenvalue weighted by molar-refractivity contribution is 0.172. The summed E-state index contributed by atoms with van der Waals surface area (Å²) in [5.41, 5.74) is 0.821. The van der Waals surface area contributed by atoms with Crippen LogP contribution in [0.3, 0.4) is 0 Å². The molecule has 0 nitrogen and oxygen atoms in total. The van der Waals surface area contributed by atoms with Gasteiger partial charge in [-0.05, 0) is 23.5 Å². The van der Waals surface area contributed by atoms with Crippen molar-refractivity contribution in [2.24, 2.45) is 10.8 Å². The number of hydrogen-bond acceptors (Lipinski definition) is 1. The predicted octanol–water partition coefficient (Wildman–Crippen LogP) is 4.59. The maximum Gasteiger partial charge on any atom is 0.0152 e. The Labute approximate surface area is 88.9 Å². The molecule has 0 aliphatic heterocycles. The molecule has 0 saturated carbocycles.